The minimum absolute atomic E-state index is 0.0627. The smallest absolute Gasteiger partial charge is 0.202 e. The van der Waals surface area contributed by atoms with Crippen molar-refractivity contribution in [2.45, 2.75) is 0 Å². The second-order valence-corrected chi connectivity index (χ2v) is 4.96. The van der Waals surface area contributed by atoms with E-state index < -0.39 is 0 Å². The maximum atomic E-state index is 12.7. The van der Waals surface area contributed by atoms with E-state index in [4.69, 9.17) is 33.1 Å². The number of rotatable bonds is 1. The van der Waals surface area contributed by atoms with Crippen molar-refractivity contribution in [3.05, 3.63) is 40.8 Å². The summed E-state index contributed by atoms with van der Waals surface area (Å²) in [5, 5.41) is 0.124. The Morgan fingerprint density at radius 2 is 1.36 bits per heavy atom. The van der Waals surface area contributed by atoms with Gasteiger partial charge >= 0.3 is 0 Å². The van der Waals surface area contributed by atoms with Crippen molar-refractivity contribution in [1.82, 2.24) is 0 Å². The zero-order valence-electron chi connectivity index (χ0n) is 11.6. The zero-order chi connectivity index (χ0) is 16.0. The number of fused-ring (bicyclic) bond motifs is 1. The first-order valence-electron chi connectivity index (χ1n) is 6.45. The van der Waals surface area contributed by atoms with Gasteiger partial charge in [0.2, 0.25) is 5.43 Å². The molecule has 0 aliphatic rings. The Morgan fingerprint density at radius 3 is 2.00 bits per heavy atom. The van der Waals surface area contributed by atoms with E-state index in [0.717, 1.165) is 0 Å². The second-order valence-electron chi connectivity index (χ2n) is 4.96. The molecule has 1 heterocycles. The van der Waals surface area contributed by atoms with Crippen LogP contribution in [0.1, 0.15) is 0 Å². The number of hydrogen-bond donors (Lipinski definition) is 5. The molecule has 7 heteroatoms. The molecule has 2 aromatic carbocycles. The lowest BCUT2D eigenvalue weighted by Crippen LogP contribution is -2.12. The number of nitrogens with two attached hydrogens (primary N) is 5. The highest BCUT2D eigenvalue weighted by molar-refractivity contribution is 6.09. The summed E-state index contributed by atoms with van der Waals surface area (Å²) < 4.78 is 5.48. The fourth-order valence-electron chi connectivity index (χ4n) is 2.32. The predicted octanol–water partition coefficient (Wildman–Crippen LogP) is 1.37. The summed E-state index contributed by atoms with van der Waals surface area (Å²) in [6.07, 6.45) is 1.32. The van der Waals surface area contributed by atoms with Gasteiger partial charge in [-0.15, -0.1) is 0 Å². The fourth-order valence-corrected chi connectivity index (χ4v) is 2.32. The van der Waals surface area contributed by atoms with Crippen LogP contribution in [-0.2, 0) is 0 Å². The lowest BCUT2D eigenvalue weighted by molar-refractivity contribution is 0.606. The van der Waals surface area contributed by atoms with Crippen LogP contribution in [0.25, 0.3) is 22.1 Å². The van der Waals surface area contributed by atoms with E-state index in [2.05, 4.69) is 0 Å². The van der Waals surface area contributed by atoms with E-state index in [1.807, 2.05) is 0 Å². The first-order chi connectivity index (χ1) is 10.4. The highest BCUT2D eigenvalue weighted by Gasteiger charge is 2.19. The molecule has 0 saturated heterocycles. The van der Waals surface area contributed by atoms with E-state index in [1.165, 1.54) is 6.26 Å². The molecule has 0 amide bonds. The van der Waals surface area contributed by atoms with Gasteiger partial charge in [0.05, 0.1) is 28.0 Å². The van der Waals surface area contributed by atoms with Crippen LogP contribution in [0.5, 0.6) is 0 Å². The van der Waals surface area contributed by atoms with Crippen molar-refractivity contribution in [2.24, 2.45) is 0 Å². The van der Waals surface area contributed by atoms with Gasteiger partial charge in [0.15, 0.2) is 5.58 Å². The van der Waals surface area contributed by atoms with Gasteiger partial charge in [0.1, 0.15) is 12.0 Å². The molecule has 22 heavy (non-hydrogen) atoms. The van der Waals surface area contributed by atoms with Crippen LogP contribution in [0, 0.1) is 0 Å². The molecule has 0 aliphatic heterocycles. The van der Waals surface area contributed by atoms with Gasteiger partial charge in [-0.2, -0.15) is 0 Å². The summed E-state index contributed by atoms with van der Waals surface area (Å²) in [6.45, 7) is 0. The summed E-state index contributed by atoms with van der Waals surface area (Å²) >= 11 is 0. The van der Waals surface area contributed by atoms with Crippen molar-refractivity contribution in [2.75, 3.05) is 28.7 Å². The molecule has 0 spiro atoms. The zero-order valence-corrected chi connectivity index (χ0v) is 11.6. The molecular formula is C15H15N5O2. The van der Waals surface area contributed by atoms with Crippen LogP contribution in [0.15, 0.2) is 39.7 Å². The molecule has 0 radical (unpaired) electrons. The van der Waals surface area contributed by atoms with Gasteiger partial charge in [0.25, 0.3) is 0 Å². The topological polar surface area (TPSA) is 160 Å². The van der Waals surface area contributed by atoms with Gasteiger partial charge in [-0.05, 0) is 17.7 Å². The number of benzene rings is 2. The largest absolute Gasteiger partial charge is 0.461 e. The molecule has 7 nitrogen and oxygen atoms in total. The van der Waals surface area contributed by atoms with Crippen molar-refractivity contribution in [3.8, 4) is 11.1 Å². The molecule has 0 bridgehead atoms. The molecule has 1 aromatic heterocycles. The molecule has 3 rings (SSSR count). The van der Waals surface area contributed by atoms with Crippen LogP contribution in [0.3, 0.4) is 0 Å². The van der Waals surface area contributed by atoms with Gasteiger partial charge in [0, 0.05) is 5.69 Å². The molecule has 0 unspecified atom stereocenters. The first-order valence-corrected chi connectivity index (χ1v) is 6.45. The monoisotopic (exact) mass is 297 g/mol. The lowest BCUT2D eigenvalue weighted by Gasteiger charge is -2.12. The van der Waals surface area contributed by atoms with Crippen molar-refractivity contribution in [3.63, 3.8) is 0 Å². The summed E-state index contributed by atoms with van der Waals surface area (Å²) in [6, 6.07) is 6.81. The molecule has 3 aromatic rings. The third kappa shape index (κ3) is 1.80. The summed E-state index contributed by atoms with van der Waals surface area (Å²) in [4.78, 5) is 12.7. The van der Waals surface area contributed by atoms with E-state index >= 15 is 0 Å². The van der Waals surface area contributed by atoms with Crippen molar-refractivity contribution in [1.29, 1.82) is 0 Å². The Hall–Kier alpha value is -3.35. The molecular weight excluding hydrogens is 282 g/mol. The van der Waals surface area contributed by atoms with Gasteiger partial charge in [-0.3, -0.25) is 4.79 Å². The second kappa shape index (κ2) is 4.59. The maximum absolute atomic E-state index is 12.7. The number of nitrogen functional groups attached to an aromatic ring is 5. The standard InChI is InChI=1S/C15H15N5O2/c16-7-3-1-6(2-4-7)8-5-22-15-9(14(8)21)10(17)11(18)12(19)13(15)20/h1-5H,16-20H2. The molecule has 0 atom stereocenters. The van der Waals surface area contributed by atoms with Crippen LogP contribution in [0.2, 0.25) is 0 Å². The van der Waals surface area contributed by atoms with Crippen LogP contribution < -0.4 is 34.1 Å². The third-order valence-corrected chi connectivity index (χ3v) is 3.60. The van der Waals surface area contributed by atoms with Crippen molar-refractivity contribution >= 4 is 39.4 Å². The van der Waals surface area contributed by atoms with Gasteiger partial charge < -0.3 is 33.1 Å². The van der Waals surface area contributed by atoms with Crippen molar-refractivity contribution < 1.29 is 4.42 Å². The fraction of sp³-hybridized carbons (Fsp3) is 0. The first kappa shape index (κ1) is 13.6. The minimum atomic E-state index is -0.332. The normalized spacial score (nSPS) is 10.9. The predicted molar refractivity (Wildman–Crippen MR) is 90.0 cm³/mol. The number of hydrogen-bond acceptors (Lipinski definition) is 7. The van der Waals surface area contributed by atoms with Crippen LogP contribution in [0.4, 0.5) is 28.4 Å². The van der Waals surface area contributed by atoms with Gasteiger partial charge in [-0.1, -0.05) is 12.1 Å². The SMILES string of the molecule is Nc1ccc(-c2coc3c(N)c(N)c(N)c(N)c3c2=O)cc1. The molecule has 10 N–H and O–H groups in total. The number of anilines is 5. The van der Waals surface area contributed by atoms with Gasteiger partial charge in [-0.25, -0.2) is 0 Å². The quantitative estimate of drug-likeness (QED) is 0.424. The molecule has 0 aliphatic carbocycles. The molecule has 0 saturated carbocycles. The summed E-state index contributed by atoms with van der Waals surface area (Å²) in [5.74, 6) is 0. The Balaban J connectivity index is 2.40. The maximum Gasteiger partial charge on any atom is 0.202 e. The Kier molecular flexibility index (Phi) is 2.84. The average Bonchev–Trinajstić information content (AvgIpc) is 2.51. The molecule has 112 valence electrons. The minimum Gasteiger partial charge on any atom is -0.461 e. The highest BCUT2D eigenvalue weighted by Crippen LogP contribution is 2.37. The molecule has 0 fully saturated rings. The lowest BCUT2D eigenvalue weighted by atomic mass is 10.0. The average molecular weight is 297 g/mol. The Bertz CT molecular complexity index is 945. The van der Waals surface area contributed by atoms with Crippen LogP contribution in [-0.4, -0.2) is 0 Å². The Morgan fingerprint density at radius 1 is 0.773 bits per heavy atom. The third-order valence-electron chi connectivity index (χ3n) is 3.60. The van der Waals surface area contributed by atoms with E-state index in [0.29, 0.717) is 16.8 Å². The summed E-state index contributed by atoms with van der Waals surface area (Å²) in [5.41, 5.74) is 30.7. The van der Waals surface area contributed by atoms with E-state index in [-0.39, 0.29) is 39.1 Å². The van der Waals surface area contributed by atoms with Crippen LogP contribution >= 0.6 is 0 Å². The van der Waals surface area contributed by atoms with E-state index in [1.54, 1.807) is 24.3 Å². The highest BCUT2D eigenvalue weighted by atomic mass is 16.3. The van der Waals surface area contributed by atoms with E-state index in [9.17, 15) is 4.79 Å². The Labute approximate surface area is 125 Å². The summed E-state index contributed by atoms with van der Waals surface area (Å²) in [7, 11) is 0.